The largest absolute Gasteiger partial charge is 0.462 e. The van der Waals surface area contributed by atoms with Crippen molar-refractivity contribution in [3.8, 4) is 11.4 Å². The van der Waals surface area contributed by atoms with Crippen molar-refractivity contribution in [2.75, 3.05) is 6.61 Å². The maximum atomic E-state index is 11.8. The van der Waals surface area contributed by atoms with E-state index < -0.39 is 0 Å². The van der Waals surface area contributed by atoms with E-state index in [4.69, 9.17) is 4.74 Å². The molecule has 0 radical (unpaired) electrons. The van der Waals surface area contributed by atoms with Gasteiger partial charge < -0.3 is 4.74 Å². The van der Waals surface area contributed by atoms with Crippen molar-refractivity contribution in [3.05, 3.63) is 53.9 Å². The van der Waals surface area contributed by atoms with Gasteiger partial charge in [-0.1, -0.05) is 109 Å². The molecular weight excluding hydrogens is 420 g/mol. The number of rotatable bonds is 17. The molecule has 1 unspecified atom stereocenters. The van der Waals surface area contributed by atoms with E-state index >= 15 is 0 Å². The number of hydrogen-bond acceptors (Lipinski definition) is 4. The van der Waals surface area contributed by atoms with Gasteiger partial charge in [-0.15, -0.1) is 0 Å². The van der Waals surface area contributed by atoms with E-state index in [2.05, 4.69) is 30.7 Å². The van der Waals surface area contributed by atoms with Gasteiger partial charge in [0, 0.05) is 24.0 Å². The lowest BCUT2D eigenvalue weighted by molar-refractivity contribution is -0.138. The minimum Gasteiger partial charge on any atom is -0.462 e. The summed E-state index contributed by atoms with van der Waals surface area (Å²) in [5.41, 5.74) is 3.13. The van der Waals surface area contributed by atoms with Crippen LogP contribution in [-0.2, 0) is 16.0 Å². The van der Waals surface area contributed by atoms with Gasteiger partial charge in [-0.3, -0.25) is 0 Å². The predicted molar refractivity (Wildman–Crippen MR) is 142 cm³/mol. The summed E-state index contributed by atoms with van der Waals surface area (Å²) in [7, 11) is 0. The second-order valence-corrected chi connectivity index (χ2v) is 9.45. The van der Waals surface area contributed by atoms with Gasteiger partial charge in [0.2, 0.25) is 0 Å². The minimum absolute atomic E-state index is 0.300. The molecule has 0 aliphatic heterocycles. The second-order valence-electron chi connectivity index (χ2n) is 9.45. The number of aromatic nitrogens is 2. The first-order valence-corrected chi connectivity index (χ1v) is 13.4. The summed E-state index contributed by atoms with van der Waals surface area (Å²) in [6.07, 6.45) is 22.7. The van der Waals surface area contributed by atoms with E-state index in [9.17, 15) is 4.79 Å². The Morgan fingerprint density at radius 2 is 1.47 bits per heavy atom. The third-order valence-corrected chi connectivity index (χ3v) is 6.31. The van der Waals surface area contributed by atoms with Gasteiger partial charge >= 0.3 is 5.97 Å². The van der Waals surface area contributed by atoms with E-state index in [0.717, 1.165) is 29.8 Å². The van der Waals surface area contributed by atoms with Crippen LogP contribution >= 0.6 is 0 Å². The van der Waals surface area contributed by atoms with Crippen molar-refractivity contribution in [2.45, 2.75) is 97.8 Å². The Morgan fingerprint density at radius 3 is 2.06 bits per heavy atom. The summed E-state index contributed by atoms with van der Waals surface area (Å²) in [5, 5.41) is 0. The van der Waals surface area contributed by atoms with Gasteiger partial charge in [-0.05, 0) is 36.0 Å². The molecule has 186 valence electrons. The number of aryl methyl sites for hydroxylation is 1. The van der Waals surface area contributed by atoms with Crippen LogP contribution < -0.4 is 0 Å². The maximum Gasteiger partial charge on any atom is 0.330 e. The molecule has 34 heavy (non-hydrogen) atoms. The van der Waals surface area contributed by atoms with Crippen LogP contribution in [0.2, 0.25) is 0 Å². The van der Waals surface area contributed by atoms with Crippen LogP contribution in [0.5, 0.6) is 0 Å². The number of nitrogens with zero attached hydrogens (tertiary/aromatic N) is 2. The van der Waals surface area contributed by atoms with Crippen LogP contribution in [0.4, 0.5) is 0 Å². The molecule has 0 bridgehead atoms. The van der Waals surface area contributed by atoms with E-state index in [1.165, 1.54) is 75.8 Å². The molecular formula is C30H44N2O2. The number of unbranched alkanes of at least 4 members (excludes halogenated alkanes) is 9. The molecule has 0 spiro atoms. The highest BCUT2D eigenvalue weighted by Gasteiger charge is 2.04. The summed E-state index contributed by atoms with van der Waals surface area (Å²) >= 11 is 0. The number of carbonyl (C=O) groups is 1. The molecule has 2 rings (SSSR count). The van der Waals surface area contributed by atoms with E-state index in [1.807, 2.05) is 36.7 Å². The summed E-state index contributed by atoms with van der Waals surface area (Å²) < 4.78 is 5.24. The molecule has 1 aromatic carbocycles. The third kappa shape index (κ3) is 11.6. The molecule has 1 aromatic heterocycles. The monoisotopic (exact) mass is 464 g/mol. The lowest BCUT2D eigenvalue weighted by atomic mass is 10.0. The van der Waals surface area contributed by atoms with Crippen molar-refractivity contribution in [1.82, 2.24) is 9.97 Å². The van der Waals surface area contributed by atoms with Crippen LogP contribution in [0.25, 0.3) is 17.5 Å². The number of carbonyl (C=O) groups excluding carboxylic acids is 1. The number of esters is 1. The summed E-state index contributed by atoms with van der Waals surface area (Å²) in [4.78, 5) is 20.9. The van der Waals surface area contributed by atoms with Gasteiger partial charge in [0.05, 0.1) is 6.61 Å². The Kier molecular flexibility index (Phi) is 13.9. The molecule has 1 heterocycles. The molecule has 2 aromatic rings. The van der Waals surface area contributed by atoms with E-state index in [0.29, 0.717) is 12.5 Å². The Balaban J connectivity index is 1.68. The van der Waals surface area contributed by atoms with Crippen molar-refractivity contribution in [2.24, 2.45) is 5.92 Å². The Labute approximate surface area is 207 Å². The molecule has 0 N–H and O–H groups in total. The maximum absolute atomic E-state index is 11.8. The van der Waals surface area contributed by atoms with Crippen molar-refractivity contribution < 1.29 is 9.53 Å². The molecule has 0 saturated carbocycles. The topological polar surface area (TPSA) is 52.1 Å². The minimum atomic E-state index is -0.300. The van der Waals surface area contributed by atoms with Crippen LogP contribution in [0.15, 0.2) is 42.7 Å². The predicted octanol–water partition coefficient (Wildman–Crippen LogP) is 8.21. The third-order valence-electron chi connectivity index (χ3n) is 6.31. The standard InChI is InChI=1S/C30H44N2O2/c1-4-6-7-8-9-10-11-12-13-14-15-27-22-31-30(32-23-27)28-19-16-26(17-20-28)18-21-29(33)34-24-25(3)5-2/h16-23,25H,4-15,24H2,1-3H3. The molecule has 0 aliphatic carbocycles. The van der Waals surface area contributed by atoms with Gasteiger partial charge in [0.1, 0.15) is 0 Å². The quantitative estimate of drug-likeness (QED) is 0.134. The van der Waals surface area contributed by atoms with Gasteiger partial charge in [0.25, 0.3) is 0 Å². The first-order chi connectivity index (χ1) is 16.6. The lowest BCUT2D eigenvalue weighted by Crippen LogP contribution is -2.08. The average Bonchev–Trinajstić information content (AvgIpc) is 2.87. The normalized spacial score (nSPS) is 12.2. The highest BCUT2D eigenvalue weighted by Crippen LogP contribution is 2.17. The van der Waals surface area contributed by atoms with Crippen LogP contribution in [0.1, 0.15) is 103 Å². The Bertz CT molecular complexity index is 828. The van der Waals surface area contributed by atoms with Gasteiger partial charge in [-0.2, -0.15) is 0 Å². The Hall–Kier alpha value is -2.49. The SMILES string of the molecule is CCCCCCCCCCCCc1cnc(-c2ccc(C=CC(=O)OCC(C)CC)cc2)nc1. The fourth-order valence-electron chi connectivity index (χ4n) is 3.75. The smallest absolute Gasteiger partial charge is 0.330 e. The molecule has 0 amide bonds. The fraction of sp³-hybridized carbons (Fsp3) is 0.567. The van der Waals surface area contributed by atoms with Crippen molar-refractivity contribution >= 4 is 12.0 Å². The molecule has 0 saturated heterocycles. The molecule has 4 heteroatoms. The highest BCUT2D eigenvalue weighted by atomic mass is 16.5. The van der Waals surface area contributed by atoms with Crippen molar-refractivity contribution in [3.63, 3.8) is 0 Å². The molecule has 0 aliphatic rings. The number of hydrogen-bond donors (Lipinski definition) is 0. The summed E-state index contributed by atoms with van der Waals surface area (Å²) in [6.45, 7) is 6.90. The van der Waals surface area contributed by atoms with E-state index in [-0.39, 0.29) is 5.97 Å². The fourth-order valence-corrected chi connectivity index (χ4v) is 3.75. The zero-order valence-corrected chi connectivity index (χ0v) is 21.6. The zero-order chi connectivity index (χ0) is 24.4. The Morgan fingerprint density at radius 1 is 0.882 bits per heavy atom. The zero-order valence-electron chi connectivity index (χ0n) is 21.6. The summed E-state index contributed by atoms with van der Waals surface area (Å²) in [6, 6.07) is 7.91. The first-order valence-electron chi connectivity index (χ1n) is 13.4. The number of benzene rings is 1. The summed E-state index contributed by atoms with van der Waals surface area (Å²) in [5.74, 6) is 0.818. The highest BCUT2D eigenvalue weighted by molar-refractivity contribution is 5.87. The van der Waals surface area contributed by atoms with Crippen LogP contribution in [0, 0.1) is 5.92 Å². The average molecular weight is 465 g/mol. The van der Waals surface area contributed by atoms with E-state index in [1.54, 1.807) is 6.08 Å². The lowest BCUT2D eigenvalue weighted by Gasteiger charge is -2.07. The van der Waals surface area contributed by atoms with Gasteiger partial charge in [0.15, 0.2) is 5.82 Å². The van der Waals surface area contributed by atoms with Gasteiger partial charge in [-0.25, -0.2) is 14.8 Å². The first kappa shape index (κ1) is 27.8. The van der Waals surface area contributed by atoms with Crippen LogP contribution in [0.3, 0.4) is 0 Å². The van der Waals surface area contributed by atoms with Crippen LogP contribution in [-0.4, -0.2) is 22.5 Å². The molecule has 0 fully saturated rings. The molecule has 4 nitrogen and oxygen atoms in total. The van der Waals surface area contributed by atoms with Crippen molar-refractivity contribution in [1.29, 1.82) is 0 Å². The molecule has 1 atom stereocenters. The number of ether oxygens (including phenoxy) is 1. The second kappa shape index (κ2) is 17.0.